The standard InChI is InChI=1S/C19H20ClN3O2S2/c1-11-6-2-4-8-13(11)21-15(24)10-26-19-23-22-18(25-19)17-16(20)12-7-3-5-9-14(12)27-17/h3,5,7,9,11,13H,2,4,6,8,10H2,1H3,(H,21,24). The van der Waals surface area contributed by atoms with Crippen molar-refractivity contribution in [1.29, 1.82) is 0 Å². The predicted molar refractivity (Wildman–Crippen MR) is 110 cm³/mol. The van der Waals surface area contributed by atoms with Gasteiger partial charge in [0.05, 0.1) is 10.8 Å². The SMILES string of the molecule is CC1CCCCC1NC(=O)CSc1nnc(-c2sc3ccccc3c2Cl)o1. The first kappa shape index (κ1) is 18.8. The van der Waals surface area contributed by atoms with Gasteiger partial charge in [0.1, 0.15) is 4.88 Å². The molecule has 0 bridgehead atoms. The highest BCUT2D eigenvalue weighted by Gasteiger charge is 2.23. The Labute approximate surface area is 170 Å². The normalized spacial score (nSPS) is 20.1. The Balaban J connectivity index is 1.39. The molecule has 3 aromatic rings. The van der Waals surface area contributed by atoms with Gasteiger partial charge in [0.25, 0.3) is 11.1 Å². The Morgan fingerprint density at radius 2 is 2.15 bits per heavy atom. The second-order valence-corrected chi connectivity index (χ2v) is 9.20. The van der Waals surface area contributed by atoms with Crippen LogP contribution in [0.25, 0.3) is 20.9 Å². The lowest BCUT2D eigenvalue weighted by molar-refractivity contribution is -0.119. The maximum Gasteiger partial charge on any atom is 0.277 e. The molecule has 5 nitrogen and oxygen atoms in total. The molecule has 1 amide bonds. The summed E-state index contributed by atoms with van der Waals surface area (Å²) in [5.74, 6) is 1.21. The molecular formula is C19H20ClN3O2S2. The Hall–Kier alpha value is -1.57. The summed E-state index contributed by atoms with van der Waals surface area (Å²) in [6, 6.07) is 8.19. The van der Waals surface area contributed by atoms with E-state index in [1.165, 1.54) is 42.4 Å². The molecule has 1 N–H and O–H groups in total. The maximum atomic E-state index is 12.2. The minimum absolute atomic E-state index is 0.0124. The number of aromatic nitrogens is 2. The highest BCUT2D eigenvalue weighted by atomic mass is 35.5. The molecule has 2 heterocycles. The van der Waals surface area contributed by atoms with E-state index >= 15 is 0 Å². The van der Waals surface area contributed by atoms with E-state index < -0.39 is 0 Å². The first-order valence-electron chi connectivity index (χ1n) is 9.05. The van der Waals surface area contributed by atoms with Crippen LogP contribution in [0, 0.1) is 5.92 Å². The fraction of sp³-hybridized carbons (Fsp3) is 0.421. The summed E-state index contributed by atoms with van der Waals surface area (Å²) < 4.78 is 6.80. The van der Waals surface area contributed by atoms with Crippen molar-refractivity contribution < 1.29 is 9.21 Å². The van der Waals surface area contributed by atoms with Gasteiger partial charge in [-0.2, -0.15) is 0 Å². The molecule has 2 atom stereocenters. The minimum atomic E-state index is 0.0124. The van der Waals surface area contributed by atoms with Gasteiger partial charge in [-0.3, -0.25) is 4.79 Å². The van der Waals surface area contributed by atoms with Gasteiger partial charge in [0, 0.05) is 16.1 Å². The van der Waals surface area contributed by atoms with E-state index in [0.29, 0.717) is 22.1 Å². The van der Waals surface area contributed by atoms with E-state index in [9.17, 15) is 4.79 Å². The van der Waals surface area contributed by atoms with Crippen LogP contribution in [-0.4, -0.2) is 27.9 Å². The van der Waals surface area contributed by atoms with Crippen molar-refractivity contribution in [3.63, 3.8) is 0 Å². The molecule has 0 saturated heterocycles. The summed E-state index contributed by atoms with van der Waals surface area (Å²) in [4.78, 5) is 13.0. The first-order chi connectivity index (χ1) is 13.1. The number of nitrogens with one attached hydrogen (secondary N) is 1. The van der Waals surface area contributed by atoms with Crippen molar-refractivity contribution >= 4 is 50.7 Å². The number of thiophene rings is 1. The summed E-state index contributed by atoms with van der Waals surface area (Å²) in [6.45, 7) is 2.20. The molecule has 1 aliphatic rings. The van der Waals surface area contributed by atoms with E-state index in [1.807, 2.05) is 24.3 Å². The van der Waals surface area contributed by atoms with E-state index in [1.54, 1.807) is 0 Å². The van der Waals surface area contributed by atoms with E-state index in [0.717, 1.165) is 21.4 Å². The number of nitrogens with zero attached hydrogens (tertiary/aromatic N) is 2. The number of benzene rings is 1. The van der Waals surface area contributed by atoms with E-state index in [2.05, 4.69) is 22.4 Å². The van der Waals surface area contributed by atoms with Crippen LogP contribution in [0.4, 0.5) is 0 Å². The molecule has 27 heavy (non-hydrogen) atoms. The van der Waals surface area contributed by atoms with Crippen LogP contribution in [0.2, 0.25) is 5.02 Å². The van der Waals surface area contributed by atoms with Crippen molar-refractivity contribution in [2.45, 2.75) is 43.9 Å². The quantitative estimate of drug-likeness (QED) is 0.559. The van der Waals surface area contributed by atoms with Crippen molar-refractivity contribution in [3.05, 3.63) is 29.3 Å². The van der Waals surface area contributed by atoms with Gasteiger partial charge in [0.15, 0.2) is 0 Å². The van der Waals surface area contributed by atoms with Crippen molar-refractivity contribution in [3.8, 4) is 10.8 Å². The minimum Gasteiger partial charge on any atom is -0.410 e. The van der Waals surface area contributed by atoms with Gasteiger partial charge >= 0.3 is 0 Å². The summed E-state index contributed by atoms with van der Waals surface area (Å²) in [6.07, 6.45) is 4.69. The van der Waals surface area contributed by atoms with Gasteiger partial charge < -0.3 is 9.73 Å². The van der Waals surface area contributed by atoms with E-state index in [4.69, 9.17) is 16.0 Å². The Bertz CT molecular complexity index is 955. The van der Waals surface area contributed by atoms with Crippen LogP contribution >= 0.6 is 34.7 Å². The molecule has 2 aromatic heterocycles. The highest BCUT2D eigenvalue weighted by molar-refractivity contribution is 7.99. The lowest BCUT2D eigenvalue weighted by atomic mass is 9.86. The fourth-order valence-corrected chi connectivity index (χ4v) is 5.43. The van der Waals surface area contributed by atoms with Crippen LogP contribution in [0.3, 0.4) is 0 Å². The monoisotopic (exact) mass is 421 g/mol. The number of fused-ring (bicyclic) bond motifs is 1. The summed E-state index contributed by atoms with van der Waals surface area (Å²) in [5.41, 5.74) is 0. The Morgan fingerprint density at radius 1 is 1.33 bits per heavy atom. The van der Waals surface area contributed by atoms with Crippen LogP contribution < -0.4 is 5.32 Å². The van der Waals surface area contributed by atoms with Crippen LogP contribution in [-0.2, 0) is 4.79 Å². The zero-order chi connectivity index (χ0) is 18.8. The van der Waals surface area contributed by atoms with Crippen molar-refractivity contribution in [2.75, 3.05) is 5.75 Å². The predicted octanol–water partition coefficient (Wildman–Crippen LogP) is 5.39. The maximum absolute atomic E-state index is 12.2. The molecule has 142 valence electrons. The number of thioether (sulfide) groups is 1. The molecule has 2 unspecified atom stereocenters. The molecule has 0 aliphatic heterocycles. The summed E-state index contributed by atoms with van der Waals surface area (Å²) >= 11 is 9.24. The Morgan fingerprint density at radius 3 is 2.96 bits per heavy atom. The van der Waals surface area contributed by atoms with E-state index in [-0.39, 0.29) is 17.7 Å². The molecule has 4 rings (SSSR count). The third kappa shape index (κ3) is 4.15. The highest BCUT2D eigenvalue weighted by Crippen LogP contribution is 2.41. The second-order valence-electron chi connectivity index (χ2n) is 6.84. The molecule has 0 radical (unpaired) electrons. The third-order valence-electron chi connectivity index (χ3n) is 4.92. The molecule has 1 saturated carbocycles. The topological polar surface area (TPSA) is 68.0 Å². The van der Waals surface area contributed by atoms with Gasteiger partial charge in [0.2, 0.25) is 5.91 Å². The van der Waals surface area contributed by atoms with Gasteiger partial charge in [-0.25, -0.2) is 0 Å². The smallest absolute Gasteiger partial charge is 0.277 e. The number of carbonyl (C=O) groups is 1. The third-order valence-corrected chi connectivity index (χ3v) is 7.40. The largest absolute Gasteiger partial charge is 0.410 e. The average molecular weight is 422 g/mol. The molecule has 1 aliphatic carbocycles. The number of amides is 1. The first-order valence-corrected chi connectivity index (χ1v) is 11.2. The number of rotatable bonds is 5. The van der Waals surface area contributed by atoms with Gasteiger partial charge in [-0.05, 0) is 24.8 Å². The number of hydrogen-bond acceptors (Lipinski definition) is 6. The zero-order valence-corrected chi connectivity index (χ0v) is 17.3. The molecule has 1 fully saturated rings. The molecular weight excluding hydrogens is 402 g/mol. The Kier molecular flexibility index (Phi) is 5.71. The molecule has 8 heteroatoms. The van der Waals surface area contributed by atoms with Crippen molar-refractivity contribution in [1.82, 2.24) is 15.5 Å². The van der Waals surface area contributed by atoms with Crippen molar-refractivity contribution in [2.24, 2.45) is 5.92 Å². The van der Waals surface area contributed by atoms with Crippen LogP contribution in [0.15, 0.2) is 33.9 Å². The fourth-order valence-electron chi connectivity index (χ4n) is 3.42. The van der Waals surface area contributed by atoms with Gasteiger partial charge in [-0.1, -0.05) is 61.3 Å². The van der Waals surface area contributed by atoms with Crippen LogP contribution in [0.1, 0.15) is 32.6 Å². The summed E-state index contributed by atoms with van der Waals surface area (Å²) in [7, 11) is 0. The number of hydrogen-bond donors (Lipinski definition) is 1. The molecule has 0 spiro atoms. The van der Waals surface area contributed by atoms with Crippen LogP contribution in [0.5, 0.6) is 0 Å². The number of halogens is 1. The number of carbonyl (C=O) groups excluding carboxylic acids is 1. The van der Waals surface area contributed by atoms with Gasteiger partial charge in [-0.15, -0.1) is 21.5 Å². The average Bonchev–Trinajstić information content (AvgIpc) is 3.27. The lowest BCUT2D eigenvalue weighted by Gasteiger charge is -2.29. The summed E-state index contributed by atoms with van der Waals surface area (Å²) in [5, 5.41) is 13.3. The second kappa shape index (κ2) is 8.20. The lowest BCUT2D eigenvalue weighted by Crippen LogP contribution is -2.41. The molecule has 1 aromatic carbocycles. The zero-order valence-electron chi connectivity index (χ0n) is 14.9.